The second kappa shape index (κ2) is 7.73. The molecule has 1 aliphatic heterocycles. The maximum atomic E-state index is 5.94. The lowest BCUT2D eigenvalue weighted by Gasteiger charge is -2.31. The summed E-state index contributed by atoms with van der Waals surface area (Å²) in [5.74, 6) is 1.06. The molecule has 1 saturated heterocycles. The molecule has 0 saturated carbocycles. The normalized spacial score (nSPS) is 19.8. The van der Waals surface area contributed by atoms with Crippen LogP contribution in [0.3, 0.4) is 0 Å². The minimum Gasteiger partial charge on any atom is -0.492 e. The largest absolute Gasteiger partial charge is 0.492 e. The van der Waals surface area contributed by atoms with Crippen molar-refractivity contribution in [2.75, 3.05) is 32.8 Å². The summed E-state index contributed by atoms with van der Waals surface area (Å²) in [6.45, 7) is 11.6. The number of hydrogen-bond acceptors (Lipinski definition) is 3. The zero-order chi connectivity index (χ0) is 13.0. The van der Waals surface area contributed by atoms with Crippen molar-refractivity contribution in [1.29, 1.82) is 0 Å². The highest BCUT2D eigenvalue weighted by Crippen LogP contribution is 2.22. The van der Waals surface area contributed by atoms with Gasteiger partial charge < -0.3 is 10.1 Å². The van der Waals surface area contributed by atoms with Crippen molar-refractivity contribution in [3.8, 4) is 5.75 Å². The molecule has 19 heavy (non-hydrogen) atoms. The summed E-state index contributed by atoms with van der Waals surface area (Å²) >= 11 is 0. The van der Waals surface area contributed by atoms with Gasteiger partial charge in [-0.1, -0.05) is 18.2 Å². The summed E-state index contributed by atoms with van der Waals surface area (Å²) in [6.07, 6.45) is 0. The quantitative estimate of drug-likeness (QED) is 0.919. The summed E-state index contributed by atoms with van der Waals surface area (Å²) in [7, 11) is 0. The van der Waals surface area contributed by atoms with Crippen LogP contribution in [-0.4, -0.2) is 43.7 Å². The highest BCUT2D eigenvalue weighted by atomic mass is 35.5. The molecule has 0 aromatic heterocycles. The van der Waals surface area contributed by atoms with E-state index in [0.717, 1.165) is 38.5 Å². The molecule has 1 aromatic rings. The zero-order valence-electron chi connectivity index (χ0n) is 12.1. The first-order valence-electron chi connectivity index (χ1n) is 6.81. The van der Waals surface area contributed by atoms with Crippen molar-refractivity contribution >= 4 is 12.4 Å². The average molecular weight is 285 g/mol. The van der Waals surface area contributed by atoms with Gasteiger partial charge in [0.1, 0.15) is 12.4 Å². The Morgan fingerprint density at radius 1 is 1.32 bits per heavy atom. The van der Waals surface area contributed by atoms with Crippen LogP contribution in [0.1, 0.15) is 18.1 Å². The van der Waals surface area contributed by atoms with Crippen molar-refractivity contribution in [2.24, 2.45) is 0 Å². The van der Waals surface area contributed by atoms with E-state index in [1.807, 2.05) is 0 Å². The number of rotatable bonds is 4. The Hall–Kier alpha value is -0.770. The summed E-state index contributed by atoms with van der Waals surface area (Å²) in [4.78, 5) is 2.47. The molecule has 0 radical (unpaired) electrons. The number of aryl methyl sites for hydroxylation is 2. The van der Waals surface area contributed by atoms with Gasteiger partial charge >= 0.3 is 0 Å². The van der Waals surface area contributed by atoms with Gasteiger partial charge in [-0.15, -0.1) is 12.4 Å². The van der Waals surface area contributed by atoms with Crippen molar-refractivity contribution in [3.63, 3.8) is 0 Å². The maximum Gasteiger partial charge on any atom is 0.125 e. The molecule has 3 nitrogen and oxygen atoms in total. The number of halogens is 1. The van der Waals surface area contributed by atoms with E-state index in [1.54, 1.807) is 0 Å². The molecule has 0 aliphatic carbocycles. The van der Waals surface area contributed by atoms with Crippen LogP contribution in [0.5, 0.6) is 5.75 Å². The monoisotopic (exact) mass is 284 g/mol. The molecule has 1 heterocycles. The lowest BCUT2D eigenvalue weighted by atomic mass is 10.1. The van der Waals surface area contributed by atoms with Crippen LogP contribution in [0.15, 0.2) is 18.2 Å². The average Bonchev–Trinajstić information content (AvgIpc) is 2.33. The van der Waals surface area contributed by atoms with Crippen LogP contribution in [0.25, 0.3) is 0 Å². The highest BCUT2D eigenvalue weighted by molar-refractivity contribution is 5.85. The van der Waals surface area contributed by atoms with Gasteiger partial charge in [0, 0.05) is 32.2 Å². The van der Waals surface area contributed by atoms with E-state index in [-0.39, 0.29) is 12.4 Å². The van der Waals surface area contributed by atoms with E-state index in [1.165, 1.54) is 11.1 Å². The third-order valence-electron chi connectivity index (χ3n) is 3.52. The number of nitrogens with zero attached hydrogens (tertiary/aromatic N) is 1. The van der Waals surface area contributed by atoms with Gasteiger partial charge in [-0.3, -0.25) is 4.90 Å². The first-order valence-corrected chi connectivity index (χ1v) is 6.81. The van der Waals surface area contributed by atoms with E-state index in [4.69, 9.17) is 4.74 Å². The Morgan fingerprint density at radius 3 is 2.63 bits per heavy atom. The molecular weight excluding hydrogens is 260 g/mol. The van der Waals surface area contributed by atoms with Crippen LogP contribution in [0.4, 0.5) is 0 Å². The van der Waals surface area contributed by atoms with Crippen LogP contribution < -0.4 is 10.1 Å². The third kappa shape index (κ3) is 4.68. The number of hydrogen-bond donors (Lipinski definition) is 1. The third-order valence-corrected chi connectivity index (χ3v) is 3.52. The van der Waals surface area contributed by atoms with Crippen LogP contribution in [-0.2, 0) is 0 Å². The van der Waals surface area contributed by atoms with Crippen molar-refractivity contribution in [3.05, 3.63) is 29.3 Å². The fraction of sp³-hybridized carbons (Fsp3) is 0.600. The molecule has 0 amide bonds. The van der Waals surface area contributed by atoms with E-state index >= 15 is 0 Å². The summed E-state index contributed by atoms with van der Waals surface area (Å²) < 4.78 is 5.94. The van der Waals surface area contributed by atoms with Gasteiger partial charge in [0.2, 0.25) is 0 Å². The molecule has 0 bridgehead atoms. The van der Waals surface area contributed by atoms with Crippen LogP contribution >= 0.6 is 12.4 Å². The molecule has 1 fully saturated rings. The van der Waals surface area contributed by atoms with Crippen LogP contribution in [0, 0.1) is 13.8 Å². The Balaban J connectivity index is 0.00000180. The number of benzene rings is 1. The van der Waals surface area contributed by atoms with Gasteiger partial charge in [0.25, 0.3) is 0 Å². The molecule has 4 heteroatoms. The molecule has 1 N–H and O–H groups in total. The zero-order valence-corrected chi connectivity index (χ0v) is 12.9. The van der Waals surface area contributed by atoms with E-state index in [2.05, 4.69) is 49.2 Å². The lowest BCUT2D eigenvalue weighted by Crippen LogP contribution is -2.50. The maximum absolute atomic E-state index is 5.94. The standard InChI is InChI=1S/C15H24N2O.ClH/c1-12-5-4-6-13(2)15(12)18-10-9-17-8-7-16-14(3)11-17;/h4-6,14,16H,7-11H2,1-3H3;1H. The number of para-hydroxylation sites is 1. The second-order valence-corrected chi connectivity index (χ2v) is 5.23. The first-order chi connectivity index (χ1) is 8.66. The van der Waals surface area contributed by atoms with E-state index in [0.29, 0.717) is 6.04 Å². The van der Waals surface area contributed by atoms with Gasteiger partial charge in [-0.05, 0) is 31.9 Å². The van der Waals surface area contributed by atoms with Gasteiger partial charge in [-0.25, -0.2) is 0 Å². The summed E-state index contributed by atoms with van der Waals surface area (Å²) in [6, 6.07) is 6.89. The SMILES string of the molecule is Cc1cccc(C)c1OCCN1CCNC(C)C1.Cl. The molecule has 2 rings (SSSR count). The van der Waals surface area contributed by atoms with Gasteiger partial charge in [-0.2, -0.15) is 0 Å². The molecule has 1 unspecified atom stereocenters. The van der Waals surface area contributed by atoms with Crippen molar-refractivity contribution in [1.82, 2.24) is 10.2 Å². The van der Waals surface area contributed by atoms with Crippen molar-refractivity contribution < 1.29 is 4.74 Å². The number of piperazine rings is 1. The van der Waals surface area contributed by atoms with Gasteiger partial charge in [0.15, 0.2) is 0 Å². The van der Waals surface area contributed by atoms with E-state index in [9.17, 15) is 0 Å². The fourth-order valence-corrected chi connectivity index (χ4v) is 2.52. The van der Waals surface area contributed by atoms with Crippen LogP contribution in [0.2, 0.25) is 0 Å². The Kier molecular flexibility index (Phi) is 6.63. The predicted molar refractivity (Wildman–Crippen MR) is 82.6 cm³/mol. The van der Waals surface area contributed by atoms with Crippen molar-refractivity contribution in [2.45, 2.75) is 26.8 Å². The fourth-order valence-electron chi connectivity index (χ4n) is 2.52. The molecular formula is C15H25ClN2O. The Labute approximate surface area is 122 Å². The topological polar surface area (TPSA) is 24.5 Å². The number of nitrogens with one attached hydrogen (secondary N) is 1. The lowest BCUT2D eigenvalue weighted by molar-refractivity contribution is 0.169. The Morgan fingerprint density at radius 2 is 2.00 bits per heavy atom. The second-order valence-electron chi connectivity index (χ2n) is 5.23. The predicted octanol–water partition coefficient (Wildman–Crippen LogP) is 2.40. The summed E-state index contributed by atoms with van der Waals surface area (Å²) in [5.41, 5.74) is 2.45. The molecule has 1 atom stereocenters. The van der Waals surface area contributed by atoms with Gasteiger partial charge in [0.05, 0.1) is 0 Å². The Bertz CT molecular complexity index is 377. The molecule has 1 aliphatic rings. The minimum absolute atomic E-state index is 0. The highest BCUT2D eigenvalue weighted by Gasteiger charge is 2.15. The molecule has 108 valence electrons. The number of ether oxygens (including phenoxy) is 1. The summed E-state index contributed by atoms with van der Waals surface area (Å²) in [5, 5.41) is 3.46. The molecule has 0 spiro atoms. The molecule has 1 aromatic carbocycles. The smallest absolute Gasteiger partial charge is 0.125 e. The minimum atomic E-state index is 0. The van der Waals surface area contributed by atoms with E-state index < -0.39 is 0 Å². The first kappa shape index (κ1) is 16.3.